The number of thiophene rings is 1. The summed E-state index contributed by atoms with van der Waals surface area (Å²) in [5.41, 5.74) is 8.36. The number of benzene rings is 1. The van der Waals surface area contributed by atoms with E-state index in [9.17, 15) is 4.79 Å². The molecule has 0 saturated heterocycles. The third kappa shape index (κ3) is 2.58. The Kier molecular flexibility index (Phi) is 3.17. The highest BCUT2D eigenvalue weighted by Crippen LogP contribution is 2.23. The first kappa shape index (κ1) is 10.6. The van der Waals surface area contributed by atoms with E-state index in [1.807, 2.05) is 29.6 Å². The summed E-state index contributed by atoms with van der Waals surface area (Å²) in [4.78, 5) is 10.6. The third-order valence-electron chi connectivity index (χ3n) is 2.18. The lowest BCUT2D eigenvalue weighted by molar-refractivity contribution is -0.113. The highest BCUT2D eigenvalue weighted by Gasteiger charge is 1.97. The molecule has 0 atom stereocenters. The van der Waals surface area contributed by atoms with Gasteiger partial charge in [0.15, 0.2) is 0 Å². The Morgan fingerprint density at radius 2 is 2.12 bits per heavy atom. The van der Waals surface area contributed by atoms with Gasteiger partial charge in [0.25, 0.3) is 0 Å². The summed E-state index contributed by atoms with van der Waals surface area (Å²) in [5, 5.41) is 4.14. The van der Waals surface area contributed by atoms with Crippen molar-refractivity contribution >= 4 is 23.3 Å². The minimum Gasteiger partial charge on any atom is -0.366 e. The largest absolute Gasteiger partial charge is 0.366 e. The van der Waals surface area contributed by atoms with Crippen molar-refractivity contribution in [3.05, 3.63) is 52.7 Å². The summed E-state index contributed by atoms with van der Waals surface area (Å²) >= 11 is 1.67. The van der Waals surface area contributed by atoms with Crippen molar-refractivity contribution in [2.75, 3.05) is 0 Å². The Morgan fingerprint density at radius 1 is 1.25 bits per heavy atom. The number of carbonyl (C=O) groups excluding carboxylic acids is 1. The first-order valence-electron chi connectivity index (χ1n) is 4.86. The topological polar surface area (TPSA) is 43.1 Å². The highest BCUT2D eigenvalue weighted by atomic mass is 32.1. The van der Waals surface area contributed by atoms with Gasteiger partial charge in [-0.05, 0) is 45.7 Å². The molecule has 0 aliphatic carbocycles. The zero-order valence-electron chi connectivity index (χ0n) is 8.59. The average Bonchev–Trinajstić information content (AvgIpc) is 2.80. The van der Waals surface area contributed by atoms with E-state index in [0.717, 1.165) is 11.1 Å². The van der Waals surface area contributed by atoms with Crippen LogP contribution < -0.4 is 5.73 Å². The Labute approximate surface area is 98.0 Å². The zero-order valence-corrected chi connectivity index (χ0v) is 9.41. The molecule has 1 heterocycles. The van der Waals surface area contributed by atoms with Gasteiger partial charge in [-0.3, -0.25) is 4.79 Å². The number of hydrogen-bond donors (Lipinski definition) is 1. The summed E-state index contributed by atoms with van der Waals surface area (Å²) in [5.74, 6) is -0.430. The molecule has 0 radical (unpaired) electrons. The van der Waals surface area contributed by atoms with Crippen LogP contribution >= 0.6 is 11.3 Å². The van der Waals surface area contributed by atoms with Gasteiger partial charge in [0.1, 0.15) is 0 Å². The van der Waals surface area contributed by atoms with Crippen LogP contribution in [-0.4, -0.2) is 5.91 Å². The minimum absolute atomic E-state index is 0.430. The molecule has 0 spiro atoms. The Morgan fingerprint density at radius 3 is 2.81 bits per heavy atom. The fraction of sp³-hybridized carbons (Fsp3) is 0. The van der Waals surface area contributed by atoms with Crippen molar-refractivity contribution < 1.29 is 4.79 Å². The lowest BCUT2D eigenvalue weighted by Crippen LogP contribution is -2.05. The van der Waals surface area contributed by atoms with Crippen LogP contribution in [0.4, 0.5) is 0 Å². The van der Waals surface area contributed by atoms with Crippen LogP contribution in [-0.2, 0) is 4.79 Å². The Bertz CT molecular complexity index is 514. The van der Waals surface area contributed by atoms with Crippen LogP contribution in [0.5, 0.6) is 0 Å². The summed E-state index contributed by atoms with van der Waals surface area (Å²) in [6.45, 7) is 0. The monoisotopic (exact) mass is 229 g/mol. The molecule has 0 bridgehead atoms. The summed E-state index contributed by atoms with van der Waals surface area (Å²) < 4.78 is 0. The van der Waals surface area contributed by atoms with Crippen LogP contribution in [0.3, 0.4) is 0 Å². The SMILES string of the molecule is NC(=O)/C=C\c1cccc(-c2ccsc2)c1. The van der Waals surface area contributed by atoms with E-state index in [0.29, 0.717) is 0 Å². The van der Waals surface area contributed by atoms with Crippen LogP contribution in [0, 0.1) is 0 Å². The van der Waals surface area contributed by atoms with E-state index in [1.54, 1.807) is 17.4 Å². The number of primary amides is 1. The number of carbonyl (C=O) groups is 1. The van der Waals surface area contributed by atoms with Crippen molar-refractivity contribution in [1.29, 1.82) is 0 Å². The first-order chi connectivity index (χ1) is 7.75. The van der Waals surface area contributed by atoms with E-state index in [4.69, 9.17) is 5.73 Å². The van der Waals surface area contributed by atoms with Crippen molar-refractivity contribution in [3.8, 4) is 11.1 Å². The fourth-order valence-electron chi connectivity index (χ4n) is 1.43. The molecule has 0 unspecified atom stereocenters. The second-order valence-corrected chi connectivity index (χ2v) is 4.15. The molecule has 0 saturated carbocycles. The molecule has 0 aliphatic rings. The normalized spacial score (nSPS) is 10.8. The van der Waals surface area contributed by atoms with Gasteiger partial charge in [-0.1, -0.05) is 18.2 Å². The summed E-state index contributed by atoms with van der Waals surface area (Å²) in [6, 6.07) is 10.1. The van der Waals surface area contributed by atoms with Gasteiger partial charge in [0, 0.05) is 6.08 Å². The van der Waals surface area contributed by atoms with E-state index in [-0.39, 0.29) is 0 Å². The maximum absolute atomic E-state index is 10.6. The van der Waals surface area contributed by atoms with Crippen molar-refractivity contribution in [2.24, 2.45) is 5.73 Å². The standard InChI is InChI=1S/C13H11NOS/c14-13(15)5-4-10-2-1-3-11(8-10)12-6-7-16-9-12/h1-9H,(H2,14,15)/b5-4-. The molecule has 1 amide bonds. The van der Waals surface area contributed by atoms with Crippen LogP contribution in [0.15, 0.2) is 47.2 Å². The Balaban J connectivity index is 2.30. The third-order valence-corrected chi connectivity index (χ3v) is 2.86. The Hall–Kier alpha value is -1.87. The van der Waals surface area contributed by atoms with E-state index in [2.05, 4.69) is 11.4 Å². The lowest BCUT2D eigenvalue weighted by Gasteiger charge is -1.99. The molecule has 2 N–H and O–H groups in total. The number of rotatable bonds is 3. The van der Waals surface area contributed by atoms with Crippen molar-refractivity contribution in [2.45, 2.75) is 0 Å². The zero-order chi connectivity index (χ0) is 11.4. The average molecular weight is 229 g/mol. The second kappa shape index (κ2) is 4.77. The molecule has 2 nitrogen and oxygen atoms in total. The lowest BCUT2D eigenvalue weighted by atomic mass is 10.1. The van der Waals surface area contributed by atoms with E-state index >= 15 is 0 Å². The molecule has 1 aromatic carbocycles. The predicted octanol–water partition coefficient (Wildman–Crippen LogP) is 2.91. The quantitative estimate of drug-likeness (QED) is 0.808. The molecule has 0 fully saturated rings. The molecule has 1 aromatic heterocycles. The number of amides is 1. The van der Waals surface area contributed by atoms with Gasteiger partial charge in [-0.2, -0.15) is 11.3 Å². The molecule has 2 aromatic rings. The molecule has 3 heteroatoms. The van der Waals surface area contributed by atoms with Gasteiger partial charge in [-0.15, -0.1) is 0 Å². The molecular formula is C13H11NOS. The summed E-state index contributed by atoms with van der Waals surface area (Å²) in [7, 11) is 0. The maximum Gasteiger partial charge on any atom is 0.241 e. The molecule has 2 rings (SSSR count). The molecule has 16 heavy (non-hydrogen) atoms. The smallest absolute Gasteiger partial charge is 0.241 e. The molecular weight excluding hydrogens is 218 g/mol. The summed E-state index contributed by atoms with van der Waals surface area (Å²) in [6.07, 6.45) is 3.09. The van der Waals surface area contributed by atoms with Crippen LogP contribution in [0.2, 0.25) is 0 Å². The van der Waals surface area contributed by atoms with Gasteiger partial charge in [0.2, 0.25) is 5.91 Å². The van der Waals surface area contributed by atoms with Crippen molar-refractivity contribution in [3.63, 3.8) is 0 Å². The van der Waals surface area contributed by atoms with Gasteiger partial charge >= 0.3 is 0 Å². The number of hydrogen-bond acceptors (Lipinski definition) is 2. The van der Waals surface area contributed by atoms with Gasteiger partial charge in [0.05, 0.1) is 0 Å². The minimum atomic E-state index is -0.430. The van der Waals surface area contributed by atoms with Crippen molar-refractivity contribution in [1.82, 2.24) is 0 Å². The van der Waals surface area contributed by atoms with Gasteiger partial charge < -0.3 is 5.73 Å². The van der Waals surface area contributed by atoms with Crippen LogP contribution in [0.25, 0.3) is 17.2 Å². The predicted molar refractivity (Wildman–Crippen MR) is 68.0 cm³/mol. The fourth-order valence-corrected chi connectivity index (χ4v) is 2.09. The van der Waals surface area contributed by atoms with E-state index < -0.39 is 5.91 Å². The maximum atomic E-state index is 10.6. The van der Waals surface area contributed by atoms with Gasteiger partial charge in [-0.25, -0.2) is 0 Å². The van der Waals surface area contributed by atoms with Crippen LogP contribution in [0.1, 0.15) is 5.56 Å². The van der Waals surface area contributed by atoms with E-state index in [1.165, 1.54) is 11.6 Å². The number of nitrogens with two attached hydrogens (primary N) is 1. The first-order valence-corrected chi connectivity index (χ1v) is 5.80. The highest BCUT2D eigenvalue weighted by molar-refractivity contribution is 7.08. The second-order valence-electron chi connectivity index (χ2n) is 3.37. The molecule has 80 valence electrons. The molecule has 0 aliphatic heterocycles.